The number of sulfone groups is 1. The summed E-state index contributed by atoms with van der Waals surface area (Å²) in [7, 11) is -2.86. The second kappa shape index (κ2) is 12.2. The Kier molecular flexibility index (Phi) is 8.88. The molecule has 1 saturated heterocycles. The molecule has 7 rings (SSSR count). The van der Waals surface area contributed by atoms with Crippen molar-refractivity contribution in [2.24, 2.45) is 51.2 Å². The van der Waals surface area contributed by atoms with Gasteiger partial charge in [-0.15, -0.1) is 0 Å². The number of carbonyl (C=O) groups is 1. The Morgan fingerprint density at radius 2 is 1.67 bits per heavy atom. The number of allylic oxidation sites excluding steroid dienone is 6. The first-order chi connectivity index (χ1) is 23.0. The third-order valence-electron chi connectivity index (χ3n) is 16.8. The van der Waals surface area contributed by atoms with Crippen molar-refractivity contribution < 1.29 is 18.3 Å². The summed E-state index contributed by atoms with van der Waals surface area (Å²) >= 11 is 0. The maximum Gasteiger partial charge on any atom is 0.331 e. The molecule has 4 saturated carbocycles. The SMILES string of the molecule is C=C(C)C1CCC2(NCCN3CCS(=O)(=O)CC3)CCC3(C)C(CCC4C5(C)CC=C(C6=CC=C(C(=O)O)CC6)C(C)(C)C5CCC43C)C12. The van der Waals surface area contributed by atoms with Gasteiger partial charge in [0.2, 0.25) is 0 Å². The van der Waals surface area contributed by atoms with Gasteiger partial charge in [-0.05, 0) is 140 Å². The molecule has 5 fully saturated rings. The zero-order chi connectivity index (χ0) is 35.2. The number of carboxylic acid groups (broad SMARTS) is 1. The fourth-order valence-corrected chi connectivity index (χ4v) is 15.4. The lowest BCUT2D eigenvalue weighted by molar-refractivity contribution is -0.221. The third kappa shape index (κ3) is 5.52. The van der Waals surface area contributed by atoms with Gasteiger partial charge >= 0.3 is 5.97 Å². The molecule has 7 aliphatic rings. The molecule has 9 unspecified atom stereocenters. The average Bonchev–Trinajstić information content (AvgIpc) is 3.42. The molecular weight excluding hydrogens is 629 g/mol. The van der Waals surface area contributed by atoms with E-state index in [0.717, 1.165) is 25.9 Å². The minimum Gasteiger partial charge on any atom is -0.478 e. The first kappa shape index (κ1) is 35.7. The highest BCUT2D eigenvalue weighted by molar-refractivity contribution is 7.91. The lowest BCUT2D eigenvalue weighted by Gasteiger charge is -2.72. The molecule has 9 atom stereocenters. The molecule has 0 bridgehead atoms. The Balaban J connectivity index is 1.14. The van der Waals surface area contributed by atoms with E-state index in [2.05, 4.69) is 70.5 Å². The number of carboxylic acids is 1. The number of fused-ring (bicyclic) bond motifs is 7. The van der Waals surface area contributed by atoms with Crippen LogP contribution in [-0.4, -0.2) is 67.6 Å². The summed E-state index contributed by atoms with van der Waals surface area (Å²) in [6.07, 6.45) is 19.3. The van der Waals surface area contributed by atoms with Crippen LogP contribution in [0.25, 0.3) is 0 Å². The summed E-state index contributed by atoms with van der Waals surface area (Å²) in [6.45, 7) is 23.2. The standard InChI is InChI=1S/C42H64N2O4S/c1-28(2)31-14-19-42(43-22-23-44-24-26-49(47,48)27-25-44)21-20-40(6)33(36(31)42)12-13-35-39(5)17-15-32(29-8-10-30(11-9-29)37(45)46)38(3,4)34(39)16-18-41(35,40)7/h8,10,15,31,33-36,43H,1,9,11-14,16-27H2,2-7H3,(H,45,46). The monoisotopic (exact) mass is 692 g/mol. The molecule has 0 aromatic rings. The van der Waals surface area contributed by atoms with Crippen molar-refractivity contribution in [1.82, 2.24) is 10.2 Å². The quantitative estimate of drug-likeness (QED) is 0.263. The minimum absolute atomic E-state index is 0.0627. The Hall–Kier alpha value is -1.70. The van der Waals surface area contributed by atoms with Crippen molar-refractivity contribution in [3.63, 3.8) is 0 Å². The van der Waals surface area contributed by atoms with E-state index < -0.39 is 15.8 Å². The minimum atomic E-state index is -2.86. The van der Waals surface area contributed by atoms with Gasteiger partial charge in [-0.2, -0.15) is 0 Å². The maximum atomic E-state index is 12.0. The lowest BCUT2D eigenvalue weighted by Crippen LogP contribution is -2.68. The first-order valence-corrected chi connectivity index (χ1v) is 21.5. The van der Waals surface area contributed by atoms with E-state index in [1.54, 1.807) is 0 Å². The third-order valence-corrected chi connectivity index (χ3v) is 18.4. The Morgan fingerprint density at radius 1 is 0.939 bits per heavy atom. The molecule has 0 aromatic heterocycles. The Labute approximate surface area is 297 Å². The highest BCUT2D eigenvalue weighted by atomic mass is 32.2. The van der Waals surface area contributed by atoms with Gasteiger partial charge in [-0.25, -0.2) is 13.2 Å². The number of aliphatic carboxylic acids is 1. The van der Waals surface area contributed by atoms with E-state index in [0.29, 0.717) is 71.6 Å². The Morgan fingerprint density at radius 3 is 2.33 bits per heavy atom. The van der Waals surface area contributed by atoms with Crippen molar-refractivity contribution in [3.05, 3.63) is 47.1 Å². The van der Waals surface area contributed by atoms with Crippen LogP contribution in [0.5, 0.6) is 0 Å². The van der Waals surface area contributed by atoms with Crippen molar-refractivity contribution >= 4 is 15.8 Å². The predicted molar refractivity (Wildman–Crippen MR) is 199 cm³/mol. The molecule has 0 radical (unpaired) electrons. The topological polar surface area (TPSA) is 86.7 Å². The van der Waals surface area contributed by atoms with Crippen molar-refractivity contribution in [2.45, 2.75) is 118 Å². The van der Waals surface area contributed by atoms with Gasteiger partial charge in [-0.3, -0.25) is 0 Å². The number of hydrogen-bond acceptors (Lipinski definition) is 5. The maximum absolute atomic E-state index is 12.0. The van der Waals surface area contributed by atoms with E-state index in [9.17, 15) is 18.3 Å². The van der Waals surface area contributed by atoms with Gasteiger partial charge < -0.3 is 15.3 Å². The van der Waals surface area contributed by atoms with Crippen LogP contribution in [0.3, 0.4) is 0 Å². The highest BCUT2D eigenvalue weighted by Gasteiger charge is 2.70. The summed E-state index contributed by atoms with van der Waals surface area (Å²) in [5.74, 6) is 3.00. The lowest BCUT2D eigenvalue weighted by atomic mass is 9.33. The van der Waals surface area contributed by atoms with E-state index >= 15 is 0 Å². The molecule has 0 aromatic carbocycles. The van der Waals surface area contributed by atoms with Crippen molar-refractivity contribution in [3.8, 4) is 0 Å². The van der Waals surface area contributed by atoms with E-state index in [4.69, 9.17) is 0 Å². The number of nitrogens with one attached hydrogen (secondary N) is 1. The van der Waals surface area contributed by atoms with Gasteiger partial charge in [0.15, 0.2) is 9.84 Å². The van der Waals surface area contributed by atoms with Crippen LogP contribution < -0.4 is 5.32 Å². The van der Waals surface area contributed by atoms with Crippen LogP contribution in [0, 0.1) is 51.2 Å². The molecular formula is C42H64N2O4S. The molecule has 6 nitrogen and oxygen atoms in total. The average molecular weight is 693 g/mol. The highest BCUT2D eigenvalue weighted by Crippen LogP contribution is 2.76. The van der Waals surface area contributed by atoms with Gasteiger partial charge in [0.05, 0.1) is 11.5 Å². The van der Waals surface area contributed by atoms with Crippen LogP contribution in [0.1, 0.15) is 112 Å². The fourth-order valence-electron chi connectivity index (χ4n) is 14.1. The van der Waals surface area contributed by atoms with Gasteiger partial charge in [0.25, 0.3) is 0 Å². The normalized spacial score (nSPS) is 44.3. The molecule has 6 aliphatic carbocycles. The van der Waals surface area contributed by atoms with Crippen LogP contribution >= 0.6 is 0 Å². The molecule has 1 aliphatic heterocycles. The van der Waals surface area contributed by atoms with Gasteiger partial charge in [-0.1, -0.05) is 65.0 Å². The van der Waals surface area contributed by atoms with Crippen LogP contribution in [0.2, 0.25) is 0 Å². The van der Waals surface area contributed by atoms with Crippen LogP contribution in [0.4, 0.5) is 0 Å². The molecule has 1 heterocycles. The summed E-state index contributed by atoms with van der Waals surface area (Å²) in [5, 5.41) is 13.7. The van der Waals surface area contributed by atoms with Crippen molar-refractivity contribution in [2.75, 3.05) is 37.7 Å². The van der Waals surface area contributed by atoms with Gasteiger partial charge in [0.1, 0.15) is 0 Å². The van der Waals surface area contributed by atoms with E-state index in [-0.39, 0.29) is 21.8 Å². The zero-order valence-electron chi connectivity index (χ0n) is 31.4. The molecule has 272 valence electrons. The largest absolute Gasteiger partial charge is 0.478 e. The van der Waals surface area contributed by atoms with Crippen LogP contribution in [-0.2, 0) is 14.6 Å². The van der Waals surface area contributed by atoms with Crippen LogP contribution in [0.15, 0.2) is 47.1 Å². The second-order valence-corrected chi connectivity index (χ2v) is 21.3. The number of rotatable bonds is 7. The number of hydrogen-bond donors (Lipinski definition) is 2. The second-order valence-electron chi connectivity index (χ2n) is 19.0. The zero-order valence-corrected chi connectivity index (χ0v) is 32.2. The smallest absolute Gasteiger partial charge is 0.331 e. The van der Waals surface area contributed by atoms with Crippen molar-refractivity contribution in [1.29, 1.82) is 0 Å². The van der Waals surface area contributed by atoms with E-state index in [1.165, 1.54) is 68.1 Å². The summed E-state index contributed by atoms with van der Waals surface area (Å²) in [6, 6.07) is 0. The first-order valence-electron chi connectivity index (χ1n) is 19.6. The van der Waals surface area contributed by atoms with Gasteiger partial charge in [0, 0.05) is 37.3 Å². The molecule has 2 N–H and O–H groups in total. The molecule has 49 heavy (non-hydrogen) atoms. The predicted octanol–water partition coefficient (Wildman–Crippen LogP) is 7.98. The molecule has 7 heteroatoms. The number of nitrogens with zero attached hydrogens (tertiary/aromatic N) is 1. The summed E-state index contributed by atoms with van der Waals surface area (Å²) in [4.78, 5) is 14.0. The summed E-state index contributed by atoms with van der Waals surface area (Å²) in [5.41, 5.74) is 5.80. The molecule has 0 amide bonds. The fraction of sp³-hybridized carbons (Fsp3) is 0.786. The molecule has 0 spiro atoms. The van der Waals surface area contributed by atoms with E-state index in [1.807, 2.05) is 6.08 Å². The Bertz CT molecular complexity index is 1580. The summed E-state index contributed by atoms with van der Waals surface area (Å²) < 4.78 is 24.0.